The number of likely N-dealkylation sites (tertiary alicyclic amines) is 1. The zero-order chi connectivity index (χ0) is 14.0. The van der Waals surface area contributed by atoms with Gasteiger partial charge in [-0.05, 0) is 69.5 Å². The molecule has 0 aromatic heterocycles. The Morgan fingerprint density at radius 3 is 2.53 bits per heavy atom. The van der Waals surface area contributed by atoms with Crippen LogP contribution in [0.3, 0.4) is 0 Å². The zero-order valence-corrected chi connectivity index (χ0v) is 12.2. The van der Waals surface area contributed by atoms with E-state index in [9.17, 15) is 4.39 Å². The molecule has 1 saturated heterocycles. The number of aryl methyl sites for hydroxylation is 1. The van der Waals surface area contributed by atoms with Crippen molar-refractivity contribution in [1.82, 2.24) is 4.90 Å². The average molecular weight is 264 g/mol. The molecule has 2 N–H and O–H groups in total. The molecule has 1 fully saturated rings. The molecule has 106 valence electrons. The Bertz CT molecular complexity index is 440. The van der Waals surface area contributed by atoms with E-state index in [1.54, 1.807) is 6.07 Å². The first-order valence-corrected chi connectivity index (χ1v) is 7.25. The third-order valence-electron chi connectivity index (χ3n) is 4.78. The molecule has 0 bridgehead atoms. The van der Waals surface area contributed by atoms with Crippen LogP contribution in [0.25, 0.3) is 0 Å². The third kappa shape index (κ3) is 2.67. The van der Waals surface area contributed by atoms with Gasteiger partial charge in [-0.2, -0.15) is 0 Å². The molecule has 2 unspecified atom stereocenters. The summed E-state index contributed by atoms with van der Waals surface area (Å²) in [5.74, 6) is -0.187. The smallest absolute Gasteiger partial charge is 0.123 e. The molecule has 1 aliphatic heterocycles. The molecule has 2 rings (SSSR count). The first kappa shape index (κ1) is 14.5. The van der Waals surface area contributed by atoms with Crippen molar-refractivity contribution < 1.29 is 4.39 Å². The fourth-order valence-corrected chi connectivity index (χ4v) is 3.19. The first-order valence-electron chi connectivity index (χ1n) is 7.25. The van der Waals surface area contributed by atoms with Gasteiger partial charge in [-0.25, -0.2) is 4.39 Å². The van der Waals surface area contributed by atoms with E-state index in [2.05, 4.69) is 18.7 Å². The quantitative estimate of drug-likeness (QED) is 0.903. The van der Waals surface area contributed by atoms with E-state index in [-0.39, 0.29) is 17.4 Å². The van der Waals surface area contributed by atoms with Crippen LogP contribution in [0.1, 0.15) is 50.3 Å². The Kier molecular flexibility index (Phi) is 4.26. The van der Waals surface area contributed by atoms with E-state index in [0.717, 1.165) is 30.6 Å². The van der Waals surface area contributed by atoms with Gasteiger partial charge in [0.2, 0.25) is 0 Å². The summed E-state index contributed by atoms with van der Waals surface area (Å²) < 4.78 is 13.2. The van der Waals surface area contributed by atoms with Crippen LogP contribution in [-0.4, -0.2) is 23.5 Å². The summed E-state index contributed by atoms with van der Waals surface area (Å²) in [6.07, 6.45) is 3.51. The van der Waals surface area contributed by atoms with Crippen molar-refractivity contribution in [3.63, 3.8) is 0 Å². The number of rotatable bonds is 4. The van der Waals surface area contributed by atoms with E-state index in [4.69, 9.17) is 5.73 Å². The number of hydrogen-bond donors (Lipinski definition) is 1. The summed E-state index contributed by atoms with van der Waals surface area (Å²) in [6, 6.07) is 4.87. The van der Waals surface area contributed by atoms with Crippen molar-refractivity contribution >= 4 is 0 Å². The lowest BCUT2D eigenvalue weighted by Crippen LogP contribution is -2.52. The number of halogens is 1. The van der Waals surface area contributed by atoms with Gasteiger partial charge < -0.3 is 5.73 Å². The minimum Gasteiger partial charge on any atom is -0.322 e. The van der Waals surface area contributed by atoms with Gasteiger partial charge >= 0.3 is 0 Å². The van der Waals surface area contributed by atoms with Crippen LogP contribution in [0.5, 0.6) is 0 Å². The lowest BCUT2D eigenvalue weighted by Gasteiger charge is -2.43. The minimum absolute atomic E-state index is 0.0426. The van der Waals surface area contributed by atoms with Crippen molar-refractivity contribution in [2.75, 3.05) is 13.1 Å². The van der Waals surface area contributed by atoms with Gasteiger partial charge in [-0.15, -0.1) is 0 Å². The average Bonchev–Trinajstić information content (AvgIpc) is 2.91. The Hall–Kier alpha value is -0.930. The molecule has 1 heterocycles. The number of nitrogens with two attached hydrogens (primary N) is 1. The Morgan fingerprint density at radius 2 is 2.00 bits per heavy atom. The van der Waals surface area contributed by atoms with Crippen LogP contribution in [0.2, 0.25) is 0 Å². The second kappa shape index (κ2) is 5.59. The van der Waals surface area contributed by atoms with Gasteiger partial charge in [-0.1, -0.05) is 13.0 Å². The normalized spacial score (nSPS) is 21.3. The number of hydrogen-bond acceptors (Lipinski definition) is 2. The first-order chi connectivity index (χ1) is 8.99. The van der Waals surface area contributed by atoms with Crippen molar-refractivity contribution in [3.05, 3.63) is 35.1 Å². The molecule has 0 spiro atoms. The standard InChI is InChI=1S/C16H25FN2/c1-4-16(3,19-9-5-6-10-19)15(18)14-8-7-13(17)11-12(14)2/h7-8,11,15H,4-6,9-10,18H2,1-3H3. The van der Waals surface area contributed by atoms with Gasteiger partial charge in [0.1, 0.15) is 5.82 Å². The molecule has 19 heavy (non-hydrogen) atoms. The molecule has 2 nitrogen and oxygen atoms in total. The molecule has 0 saturated carbocycles. The topological polar surface area (TPSA) is 29.3 Å². The summed E-state index contributed by atoms with van der Waals surface area (Å²) in [5.41, 5.74) is 8.53. The van der Waals surface area contributed by atoms with E-state index >= 15 is 0 Å². The van der Waals surface area contributed by atoms with E-state index in [0.29, 0.717) is 0 Å². The number of nitrogens with zero attached hydrogens (tertiary/aromatic N) is 1. The molecule has 2 atom stereocenters. The van der Waals surface area contributed by atoms with Crippen LogP contribution >= 0.6 is 0 Å². The highest BCUT2D eigenvalue weighted by Crippen LogP contribution is 2.36. The fourth-order valence-electron chi connectivity index (χ4n) is 3.19. The fraction of sp³-hybridized carbons (Fsp3) is 0.625. The largest absolute Gasteiger partial charge is 0.322 e. The van der Waals surface area contributed by atoms with Crippen LogP contribution in [0.4, 0.5) is 4.39 Å². The highest BCUT2D eigenvalue weighted by Gasteiger charge is 2.38. The molecular formula is C16H25FN2. The van der Waals surface area contributed by atoms with Gasteiger partial charge in [-0.3, -0.25) is 4.90 Å². The predicted octanol–water partition coefficient (Wildman–Crippen LogP) is 3.40. The summed E-state index contributed by atoms with van der Waals surface area (Å²) >= 11 is 0. The molecule has 1 aliphatic rings. The maximum atomic E-state index is 13.2. The van der Waals surface area contributed by atoms with Crippen molar-refractivity contribution in [2.24, 2.45) is 5.73 Å². The molecule has 0 radical (unpaired) electrons. The van der Waals surface area contributed by atoms with E-state index < -0.39 is 0 Å². The second-order valence-electron chi connectivity index (χ2n) is 5.88. The van der Waals surface area contributed by atoms with Gasteiger partial charge in [0.25, 0.3) is 0 Å². The van der Waals surface area contributed by atoms with Crippen LogP contribution in [0.15, 0.2) is 18.2 Å². The molecule has 3 heteroatoms. The predicted molar refractivity (Wildman–Crippen MR) is 77.6 cm³/mol. The maximum absolute atomic E-state index is 13.2. The lowest BCUT2D eigenvalue weighted by molar-refractivity contribution is 0.0997. The van der Waals surface area contributed by atoms with E-state index in [1.165, 1.54) is 18.9 Å². The molecular weight excluding hydrogens is 239 g/mol. The zero-order valence-electron chi connectivity index (χ0n) is 12.2. The third-order valence-corrected chi connectivity index (χ3v) is 4.78. The summed E-state index contributed by atoms with van der Waals surface area (Å²) in [7, 11) is 0. The second-order valence-corrected chi connectivity index (χ2v) is 5.88. The van der Waals surface area contributed by atoms with Crippen LogP contribution in [0, 0.1) is 12.7 Å². The van der Waals surface area contributed by atoms with Gasteiger partial charge in [0.15, 0.2) is 0 Å². The van der Waals surface area contributed by atoms with Gasteiger partial charge in [0, 0.05) is 11.6 Å². The van der Waals surface area contributed by atoms with Gasteiger partial charge in [0.05, 0.1) is 0 Å². The van der Waals surface area contributed by atoms with E-state index in [1.807, 2.05) is 13.0 Å². The lowest BCUT2D eigenvalue weighted by atomic mass is 9.82. The molecule has 1 aromatic rings. The summed E-state index contributed by atoms with van der Waals surface area (Å²) in [6.45, 7) is 8.62. The maximum Gasteiger partial charge on any atom is 0.123 e. The highest BCUT2D eigenvalue weighted by atomic mass is 19.1. The Labute approximate surface area is 115 Å². The molecule has 0 amide bonds. The van der Waals surface area contributed by atoms with Crippen LogP contribution < -0.4 is 5.73 Å². The Morgan fingerprint density at radius 1 is 1.37 bits per heavy atom. The number of benzene rings is 1. The molecule has 0 aliphatic carbocycles. The Balaban J connectivity index is 2.31. The van der Waals surface area contributed by atoms with Crippen molar-refractivity contribution in [2.45, 2.75) is 51.6 Å². The van der Waals surface area contributed by atoms with Crippen molar-refractivity contribution in [3.8, 4) is 0 Å². The van der Waals surface area contributed by atoms with Crippen LogP contribution in [-0.2, 0) is 0 Å². The van der Waals surface area contributed by atoms with Crippen molar-refractivity contribution in [1.29, 1.82) is 0 Å². The summed E-state index contributed by atoms with van der Waals surface area (Å²) in [4.78, 5) is 2.50. The minimum atomic E-state index is -0.187. The SMILES string of the molecule is CCC(C)(C(N)c1ccc(F)cc1C)N1CCCC1. The summed E-state index contributed by atoms with van der Waals surface area (Å²) in [5, 5.41) is 0. The molecule has 1 aromatic carbocycles. The highest BCUT2D eigenvalue weighted by molar-refractivity contribution is 5.31. The monoisotopic (exact) mass is 264 g/mol.